The standard InChI is InChI=1S/C15H15FN2O2/c1-10-5-2-3-8-13(10)18-14(19)9-20-15-11(16)6-4-7-12(15)17/h2-8H,9,17H2,1H3,(H,18,19). The zero-order valence-electron chi connectivity index (χ0n) is 11.0. The second kappa shape index (κ2) is 6.06. The molecule has 0 fully saturated rings. The van der Waals surface area contributed by atoms with Crippen molar-refractivity contribution < 1.29 is 13.9 Å². The minimum atomic E-state index is -0.589. The lowest BCUT2D eigenvalue weighted by Gasteiger charge is -2.11. The smallest absolute Gasteiger partial charge is 0.262 e. The predicted molar refractivity (Wildman–Crippen MR) is 76.1 cm³/mol. The lowest BCUT2D eigenvalue weighted by atomic mass is 10.2. The van der Waals surface area contributed by atoms with E-state index in [9.17, 15) is 9.18 Å². The molecule has 0 saturated heterocycles. The topological polar surface area (TPSA) is 64.3 Å². The van der Waals surface area contributed by atoms with Crippen LogP contribution in [0.1, 0.15) is 5.56 Å². The summed E-state index contributed by atoms with van der Waals surface area (Å²) in [4.78, 5) is 11.8. The lowest BCUT2D eigenvalue weighted by molar-refractivity contribution is -0.118. The minimum absolute atomic E-state index is 0.104. The fourth-order valence-electron chi connectivity index (χ4n) is 1.71. The molecule has 0 spiro atoms. The first-order valence-corrected chi connectivity index (χ1v) is 6.10. The molecule has 0 aliphatic heterocycles. The van der Waals surface area contributed by atoms with Crippen LogP contribution >= 0.6 is 0 Å². The molecule has 0 heterocycles. The zero-order chi connectivity index (χ0) is 14.5. The molecule has 4 nitrogen and oxygen atoms in total. The number of benzene rings is 2. The van der Waals surface area contributed by atoms with Gasteiger partial charge in [-0.15, -0.1) is 0 Å². The normalized spacial score (nSPS) is 10.1. The number of aryl methyl sites for hydroxylation is 1. The SMILES string of the molecule is Cc1ccccc1NC(=O)COc1c(N)cccc1F. The first-order valence-electron chi connectivity index (χ1n) is 6.10. The number of hydrogen-bond donors (Lipinski definition) is 2. The van der Waals surface area contributed by atoms with Gasteiger partial charge in [-0.1, -0.05) is 24.3 Å². The molecule has 0 radical (unpaired) electrons. The molecule has 0 bridgehead atoms. The second-order valence-corrected chi connectivity index (χ2v) is 4.31. The maximum Gasteiger partial charge on any atom is 0.262 e. The van der Waals surface area contributed by atoms with E-state index < -0.39 is 5.82 Å². The summed E-state index contributed by atoms with van der Waals surface area (Å²) >= 11 is 0. The summed E-state index contributed by atoms with van der Waals surface area (Å²) in [5, 5.41) is 2.69. The monoisotopic (exact) mass is 274 g/mol. The molecular formula is C15H15FN2O2. The molecule has 0 saturated carbocycles. The first-order chi connectivity index (χ1) is 9.58. The van der Waals surface area contributed by atoms with Gasteiger partial charge < -0.3 is 15.8 Å². The third kappa shape index (κ3) is 3.26. The Morgan fingerprint density at radius 1 is 1.25 bits per heavy atom. The quantitative estimate of drug-likeness (QED) is 0.842. The number of halogens is 1. The number of nitrogens with two attached hydrogens (primary N) is 1. The van der Waals surface area contributed by atoms with Crippen LogP contribution in [0.25, 0.3) is 0 Å². The Bertz CT molecular complexity index is 609. The Labute approximate surface area is 116 Å². The number of nitrogens with one attached hydrogen (secondary N) is 1. The van der Waals surface area contributed by atoms with E-state index in [1.807, 2.05) is 25.1 Å². The van der Waals surface area contributed by atoms with Gasteiger partial charge in [0, 0.05) is 5.69 Å². The fraction of sp³-hybridized carbons (Fsp3) is 0.133. The van der Waals surface area contributed by atoms with Crippen molar-refractivity contribution in [3.8, 4) is 5.75 Å². The second-order valence-electron chi connectivity index (χ2n) is 4.31. The van der Waals surface area contributed by atoms with Crippen molar-refractivity contribution in [3.63, 3.8) is 0 Å². The molecule has 20 heavy (non-hydrogen) atoms. The highest BCUT2D eigenvalue weighted by molar-refractivity contribution is 5.92. The van der Waals surface area contributed by atoms with E-state index in [2.05, 4.69) is 5.32 Å². The van der Waals surface area contributed by atoms with Crippen LogP contribution in [-0.4, -0.2) is 12.5 Å². The van der Waals surface area contributed by atoms with E-state index in [4.69, 9.17) is 10.5 Å². The van der Waals surface area contributed by atoms with Crippen LogP contribution < -0.4 is 15.8 Å². The van der Waals surface area contributed by atoms with E-state index in [1.165, 1.54) is 18.2 Å². The van der Waals surface area contributed by atoms with Gasteiger partial charge in [0.1, 0.15) is 0 Å². The van der Waals surface area contributed by atoms with Gasteiger partial charge in [-0.05, 0) is 30.7 Å². The average molecular weight is 274 g/mol. The Kier molecular flexibility index (Phi) is 4.20. The van der Waals surface area contributed by atoms with Crippen LogP contribution in [0.15, 0.2) is 42.5 Å². The van der Waals surface area contributed by atoms with Gasteiger partial charge in [-0.3, -0.25) is 4.79 Å². The highest BCUT2D eigenvalue weighted by atomic mass is 19.1. The number of nitrogen functional groups attached to an aromatic ring is 1. The van der Waals surface area contributed by atoms with Crippen LogP contribution in [-0.2, 0) is 4.79 Å². The van der Waals surface area contributed by atoms with E-state index in [1.54, 1.807) is 6.07 Å². The van der Waals surface area contributed by atoms with Gasteiger partial charge >= 0.3 is 0 Å². The maximum absolute atomic E-state index is 13.5. The maximum atomic E-state index is 13.5. The molecule has 0 unspecified atom stereocenters. The lowest BCUT2D eigenvalue weighted by Crippen LogP contribution is -2.21. The Morgan fingerprint density at radius 3 is 2.70 bits per heavy atom. The van der Waals surface area contributed by atoms with Gasteiger partial charge in [-0.2, -0.15) is 0 Å². The molecule has 2 rings (SSSR count). The van der Waals surface area contributed by atoms with Gasteiger partial charge in [0.25, 0.3) is 5.91 Å². The van der Waals surface area contributed by atoms with Gasteiger partial charge in [-0.25, -0.2) is 4.39 Å². The molecular weight excluding hydrogens is 259 g/mol. The highest BCUT2D eigenvalue weighted by Crippen LogP contribution is 2.24. The van der Waals surface area contributed by atoms with Crippen LogP contribution in [0.2, 0.25) is 0 Å². The molecule has 5 heteroatoms. The van der Waals surface area contributed by atoms with Crippen molar-refractivity contribution in [1.82, 2.24) is 0 Å². The van der Waals surface area contributed by atoms with Crippen molar-refractivity contribution in [2.24, 2.45) is 0 Å². The number of hydrogen-bond acceptors (Lipinski definition) is 3. The van der Waals surface area contributed by atoms with E-state index in [-0.39, 0.29) is 24.0 Å². The summed E-state index contributed by atoms with van der Waals surface area (Å²) in [6.45, 7) is 1.57. The van der Waals surface area contributed by atoms with Crippen LogP contribution in [0.5, 0.6) is 5.75 Å². The van der Waals surface area contributed by atoms with E-state index in [0.29, 0.717) is 5.69 Å². The average Bonchev–Trinajstić information content (AvgIpc) is 2.41. The van der Waals surface area contributed by atoms with Gasteiger partial charge in [0.2, 0.25) is 0 Å². The molecule has 0 aliphatic rings. The van der Waals surface area contributed by atoms with Crippen LogP contribution in [0, 0.1) is 12.7 Å². The molecule has 3 N–H and O–H groups in total. The van der Waals surface area contributed by atoms with Crippen molar-refractivity contribution in [2.75, 3.05) is 17.7 Å². The van der Waals surface area contributed by atoms with Crippen LogP contribution in [0.3, 0.4) is 0 Å². The molecule has 0 aliphatic carbocycles. The molecule has 2 aromatic carbocycles. The molecule has 104 valence electrons. The Balaban J connectivity index is 1.98. The number of ether oxygens (including phenoxy) is 1. The predicted octanol–water partition coefficient (Wildman–Crippen LogP) is 2.73. The fourth-order valence-corrected chi connectivity index (χ4v) is 1.71. The number of rotatable bonds is 4. The van der Waals surface area contributed by atoms with Crippen molar-refractivity contribution in [2.45, 2.75) is 6.92 Å². The molecule has 0 aromatic heterocycles. The summed E-state index contributed by atoms with van der Waals surface area (Å²) < 4.78 is 18.6. The molecule has 0 atom stereocenters. The highest BCUT2D eigenvalue weighted by Gasteiger charge is 2.10. The summed E-state index contributed by atoms with van der Waals surface area (Å²) in [5.41, 5.74) is 7.38. The number of carbonyl (C=O) groups excluding carboxylic acids is 1. The van der Waals surface area contributed by atoms with Crippen molar-refractivity contribution in [3.05, 3.63) is 53.8 Å². The summed E-state index contributed by atoms with van der Waals surface area (Å²) in [7, 11) is 0. The first kappa shape index (κ1) is 13.9. The molecule has 1 amide bonds. The van der Waals surface area contributed by atoms with Crippen molar-refractivity contribution >= 4 is 17.3 Å². The number of para-hydroxylation sites is 2. The molecule has 2 aromatic rings. The van der Waals surface area contributed by atoms with E-state index in [0.717, 1.165) is 5.56 Å². The van der Waals surface area contributed by atoms with E-state index >= 15 is 0 Å². The number of carbonyl (C=O) groups is 1. The number of anilines is 2. The Morgan fingerprint density at radius 2 is 2.00 bits per heavy atom. The minimum Gasteiger partial charge on any atom is -0.479 e. The number of amides is 1. The largest absolute Gasteiger partial charge is 0.479 e. The summed E-state index contributed by atoms with van der Waals surface area (Å²) in [6.07, 6.45) is 0. The van der Waals surface area contributed by atoms with Crippen molar-refractivity contribution in [1.29, 1.82) is 0 Å². The summed E-state index contributed by atoms with van der Waals surface area (Å²) in [5.74, 6) is -1.07. The van der Waals surface area contributed by atoms with Gasteiger partial charge in [0.05, 0.1) is 5.69 Å². The van der Waals surface area contributed by atoms with Gasteiger partial charge in [0.15, 0.2) is 18.2 Å². The zero-order valence-corrected chi connectivity index (χ0v) is 11.0. The third-order valence-corrected chi connectivity index (χ3v) is 2.76. The summed E-state index contributed by atoms with van der Waals surface area (Å²) in [6, 6.07) is 11.6. The third-order valence-electron chi connectivity index (χ3n) is 2.76. The Hall–Kier alpha value is -2.56. The van der Waals surface area contributed by atoms with Crippen LogP contribution in [0.4, 0.5) is 15.8 Å².